The average Bonchev–Trinajstić information content (AvgIpc) is 2.67. The fraction of sp³-hybridized carbons (Fsp3) is 0.700. The molecule has 0 aromatic carbocycles. The number of hydrogen-bond donors (Lipinski definition) is 3. The van der Waals surface area contributed by atoms with Crippen LogP contribution in [0.1, 0.15) is 43.7 Å². The Balaban J connectivity index is 0.000000690. The first kappa shape index (κ1) is 20.0. The Bertz CT molecular complexity index is 614. The predicted octanol–water partition coefficient (Wildman–Crippen LogP) is 1.28. The summed E-state index contributed by atoms with van der Waals surface area (Å²) >= 11 is 0. The summed E-state index contributed by atoms with van der Waals surface area (Å²) in [5, 5.41) is -0.904. The van der Waals surface area contributed by atoms with Crippen LogP contribution in [0.25, 0.3) is 0 Å². The third kappa shape index (κ3) is 9.52. The number of unbranched alkanes of at least 4 members (excludes halogenated alkanes) is 2. The highest BCUT2D eigenvalue weighted by molar-refractivity contribution is 7.86. The van der Waals surface area contributed by atoms with Gasteiger partial charge in [0.1, 0.15) is 11.1 Å². The van der Waals surface area contributed by atoms with Gasteiger partial charge >= 0.3 is 10.4 Å². The Morgan fingerprint density at radius 3 is 2.05 bits per heavy atom. The molecule has 0 saturated carbocycles. The van der Waals surface area contributed by atoms with Crippen LogP contribution in [-0.4, -0.2) is 40.0 Å². The zero-order valence-corrected chi connectivity index (χ0v) is 13.4. The van der Waals surface area contributed by atoms with E-state index >= 15 is 0 Å². The molecule has 1 atom stereocenters. The molecule has 9 nitrogen and oxygen atoms in total. The lowest BCUT2D eigenvalue weighted by molar-refractivity contribution is 0.381. The van der Waals surface area contributed by atoms with Crippen LogP contribution in [0.3, 0.4) is 0 Å². The van der Waals surface area contributed by atoms with Gasteiger partial charge < -0.3 is 4.57 Å². The summed E-state index contributed by atoms with van der Waals surface area (Å²) in [6.45, 7) is 2.04. The Morgan fingerprint density at radius 2 is 1.71 bits per heavy atom. The maximum Gasteiger partial charge on any atom is 0.394 e. The maximum absolute atomic E-state index is 11.3. The first-order chi connectivity index (χ1) is 9.46. The first-order valence-corrected chi connectivity index (χ1v) is 9.00. The minimum absolute atomic E-state index is 0.401. The second-order valence-electron chi connectivity index (χ2n) is 4.34. The van der Waals surface area contributed by atoms with Crippen LogP contribution in [0.2, 0.25) is 0 Å². The molecule has 0 aliphatic carbocycles. The van der Waals surface area contributed by atoms with Crippen LogP contribution in [0, 0.1) is 0 Å². The SMILES string of the molecule is CCCCCC(c1nccn1C)S(=O)(=O)O.O=S(=O)(O)O. The van der Waals surface area contributed by atoms with E-state index in [0.717, 1.165) is 19.3 Å². The standard InChI is InChI=1S/C10H18N2O3S.H2O4S/c1-3-4-5-6-9(16(13,14)15)10-11-7-8-12(10)2;1-5(2,3)4/h7-9H,3-6H2,1-2H3,(H,13,14,15);(H2,1,2,3,4). The van der Waals surface area contributed by atoms with Crippen LogP contribution < -0.4 is 0 Å². The Morgan fingerprint density at radius 1 is 1.19 bits per heavy atom. The van der Waals surface area contributed by atoms with Crippen molar-refractivity contribution in [2.45, 2.75) is 37.9 Å². The van der Waals surface area contributed by atoms with E-state index in [1.54, 1.807) is 17.8 Å². The summed E-state index contributed by atoms with van der Waals surface area (Å²) in [5.41, 5.74) is 0. The molecule has 0 bridgehead atoms. The Kier molecular flexibility index (Phi) is 8.03. The molecule has 3 N–H and O–H groups in total. The number of rotatable bonds is 6. The second-order valence-corrected chi connectivity index (χ2v) is 6.84. The Labute approximate surface area is 124 Å². The number of hydrogen-bond acceptors (Lipinski definition) is 5. The van der Waals surface area contributed by atoms with Crippen LogP contribution in [-0.2, 0) is 27.6 Å². The topological polar surface area (TPSA) is 147 Å². The molecular weight excluding hydrogens is 324 g/mol. The van der Waals surface area contributed by atoms with Gasteiger partial charge in [-0.05, 0) is 6.42 Å². The van der Waals surface area contributed by atoms with E-state index in [-0.39, 0.29) is 0 Å². The van der Waals surface area contributed by atoms with Gasteiger partial charge in [-0.2, -0.15) is 16.8 Å². The van der Waals surface area contributed by atoms with E-state index in [0.29, 0.717) is 12.2 Å². The molecule has 11 heteroatoms. The molecule has 1 aromatic heterocycles. The fourth-order valence-corrected chi connectivity index (χ4v) is 2.64. The monoisotopic (exact) mass is 344 g/mol. The van der Waals surface area contributed by atoms with Crippen molar-refractivity contribution in [3.05, 3.63) is 18.2 Å². The van der Waals surface area contributed by atoms with Crippen molar-refractivity contribution < 1.29 is 30.5 Å². The zero-order valence-electron chi connectivity index (χ0n) is 11.7. The molecule has 1 aromatic rings. The molecular formula is C10H20N2O7S2. The molecule has 1 unspecified atom stereocenters. The summed E-state index contributed by atoms with van der Waals surface area (Å²) in [7, 11) is -7.02. The van der Waals surface area contributed by atoms with Gasteiger partial charge in [-0.1, -0.05) is 26.2 Å². The normalized spacial score (nSPS) is 13.4. The maximum atomic E-state index is 11.3. The van der Waals surface area contributed by atoms with Crippen molar-refractivity contribution in [3.63, 3.8) is 0 Å². The number of imidazole rings is 1. The van der Waals surface area contributed by atoms with Gasteiger partial charge in [0.15, 0.2) is 0 Å². The van der Waals surface area contributed by atoms with E-state index in [4.69, 9.17) is 17.5 Å². The lowest BCUT2D eigenvalue weighted by atomic mass is 10.1. The zero-order chi connectivity index (χ0) is 16.7. The molecule has 124 valence electrons. The van der Waals surface area contributed by atoms with Crippen LogP contribution in [0.5, 0.6) is 0 Å². The third-order valence-corrected chi connectivity index (χ3v) is 3.74. The number of nitrogens with zero attached hydrogens (tertiary/aromatic N) is 2. The molecule has 21 heavy (non-hydrogen) atoms. The van der Waals surface area contributed by atoms with E-state index in [1.165, 1.54) is 6.20 Å². The van der Waals surface area contributed by atoms with Gasteiger partial charge in [0, 0.05) is 19.4 Å². The molecule has 0 saturated heterocycles. The van der Waals surface area contributed by atoms with Gasteiger partial charge in [0.2, 0.25) is 0 Å². The second kappa shape index (κ2) is 8.44. The molecule has 1 heterocycles. The van der Waals surface area contributed by atoms with Crippen LogP contribution in [0.4, 0.5) is 0 Å². The lowest BCUT2D eigenvalue weighted by Crippen LogP contribution is -2.16. The summed E-state index contributed by atoms with van der Waals surface area (Å²) in [4.78, 5) is 3.99. The molecule has 1 rings (SSSR count). The number of aryl methyl sites for hydroxylation is 1. The van der Waals surface area contributed by atoms with Crippen molar-refractivity contribution in [3.8, 4) is 0 Å². The van der Waals surface area contributed by atoms with Gasteiger partial charge in [0.05, 0.1) is 0 Å². The largest absolute Gasteiger partial charge is 0.394 e. The first-order valence-electron chi connectivity index (χ1n) is 6.10. The summed E-state index contributed by atoms with van der Waals surface area (Å²) < 4.78 is 65.0. The van der Waals surface area contributed by atoms with Crippen molar-refractivity contribution in [2.75, 3.05) is 0 Å². The van der Waals surface area contributed by atoms with Crippen molar-refractivity contribution >= 4 is 20.5 Å². The molecule has 0 spiro atoms. The summed E-state index contributed by atoms with van der Waals surface area (Å²) in [5.74, 6) is 0.401. The van der Waals surface area contributed by atoms with Crippen molar-refractivity contribution in [2.24, 2.45) is 7.05 Å². The van der Waals surface area contributed by atoms with E-state index in [2.05, 4.69) is 4.98 Å². The molecule has 0 amide bonds. The lowest BCUT2D eigenvalue weighted by Gasteiger charge is -2.13. The predicted molar refractivity (Wildman–Crippen MR) is 75.8 cm³/mol. The summed E-state index contributed by atoms with van der Waals surface area (Å²) in [6.07, 6.45) is 6.36. The van der Waals surface area contributed by atoms with Gasteiger partial charge in [-0.25, -0.2) is 4.98 Å². The van der Waals surface area contributed by atoms with Crippen LogP contribution in [0.15, 0.2) is 12.4 Å². The molecule has 0 aliphatic heterocycles. The highest BCUT2D eigenvalue weighted by Gasteiger charge is 2.27. The average molecular weight is 344 g/mol. The molecule has 0 radical (unpaired) electrons. The van der Waals surface area contributed by atoms with Crippen LogP contribution >= 0.6 is 0 Å². The summed E-state index contributed by atoms with van der Waals surface area (Å²) in [6, 6.07) is 0. The minimum atomic E-state index is -4.67. The minimum Gasteiger partial charge on any atom is -0.337 e. The van der Waals surface area contributed by atoms with Crippen molar-refractivity contribution in [1.82, 2.24) is 9.55 Å². The number of aromatic nitrogens is 2. The quantitative estimate of drug-likeness (QED) is 0.516. The smallest absolute Gasteiger partial charge is 0.337 e. The van der Waals surface area contributed by atoms with E-state index in [1.807, 2.05) is 6.92 Å². The van der Waals surface area contributed by atoms with E-state index < -0.39 is 25.8 Å². The van der Waals surface area contributed by atoms with Gasteiger partial charge in [-0.3, -0.25) is 13.7 Å². The fourth-order valence-electron chi connectivity index (χ4n) is 1.68. The van der Waals surface area contributed by atoms with Gasteiger partial charge in [0.25, 0.3) is 10.1 Å². The highest BCUT2D eigenvalue weighted by Crippen LogP contribution is 2.25. The third-order valence-electron chi connectivity index (χ3n) is 2.58. The Hall–Kier alpha value is -1.01. The van der Waals surface area contributed by atoms with Gasteiger partial charge in [-0.15, -0.1) is 0 Å². The molecule has 0 aliphatic rings. The van der Waals surface area contributed by atoms with Crippen molar-refractivity contribution in [1.29, 1.82) is 0 Å². The van der Waals surface area contributed by atoms with E-state index in [9.17, 15) is 13.0 Å². The highest BCUT2D eigenvalue weighted by atomic mass is 32.3. The molecule has 0 fully saturated rings.